The van der Waals surface area contributed by atoms with Gasteiger partial charge < -0.3 is 4.90 Å². The molecular formula is C19H18Cl2N2. The lowest BCUT2D eigenvalue weighted by Gasteiger charge is -2.28. The molecule has 0 spiro atoms. The number of hydrogen-bond donors (Lipinski definition) is 0. The molecule has 1 aliphatic heterocycles. The molecule has 4 heteroatoms. The molecule has 0 bridgehead atoms. The number of aromatic nitrogens is 1. The van der Waals surface area contributed by atoms with E-state index in [0.29, 0.717) is 0 Å². The first-order valence-electron chi connectivity index (χ1n) is 7.54. The summed E-state index contributed by atoms with van der Waals surface area (Å²) in [5.41, 5.74) is 4.07. The predicted molar refractivity (Wildman–Crippen MR) is 97.6 cm³/mol. The second kappa shape index (κ2) is 7.20. The molecule has 2 heterocycles. The highest BCUT2D eigenvalue weighted by molar-refractivity contribution is 6.31. The van der Waals surface area contributed by atoms with E-state index in [0.717, 1.165) is 29.1 Å². The van der Waals surface area contributed by atoms with Crippen LogP contribution in [-0.2, 0) is 0 Å². The molecule has 1 aliphatic rings. The Labute approximate surface area is 147 Å². The first-order valence-corrected chi connectivity index (χ1v) is 8.41. The Hall–Kier alpha value is -1.77. The molecule has 23 heavy (non-hydrogen) atoms. The van der Waals surface area contributed by atoms with Crippen molar-refractivity contribution in [1.29, 1.82) is 0 Å². The van der Waals surface area contributed by atoms with Crippen LogP contribution in [-0.4, -0.2) is 28.9 Å². The summed E-state index contributed by atoms with van der Waals surface area (Å²) in [4.78, 5) is 6.59. The Morgan fingerprint density at radius 1 is 1.00 bits per heavy atom. The third kappa shape index (κ3) is 3.60. The first kappa shape index (κ1) is 16.1. The smallest absolute Gasteiger partial charge is 0.0863 e. The van der Waals surface area contributed by atoms with Crippen LogP contribution < -0.4 is 0 Å². The zero-order valence-electron chi connectivity index (χ0n) is 12.9. The van der Waals surface area contributed by atoms with E-state index in [9.17, 15) is 0 Å². The van der Waals surface area contributed by atoms with Crippen molar-refractivity contribution in [2.45, 2.75) is 10.8 Å². The Balaban J connectivity index is 1.86. The van der Waals surface area contributed by atoms with Gasteiger partial charge in [-0.05, 0) is 29.3 Å². The van der Waals surface area contributed by atoms with Gasteiger partial charge in [-0.15, -0.1) is 23.2 Å². The minimum Gasteiger partial charge on any atom is -0.369 e. The van der Waals surface area contributed by atoms with Crippen molar-refractivity contribution in [3.05, 3.63) is 83.7 Å². The standard InChI is InChI=1S/C19H18Cl2N2/c1-23-12-10-15(13-17(23)16-9-5-6-11-22-16)19(21)18(20)14-7-3-2-4-8-14/h2-11,13,18-19H,12H2,1H3. The van der Waals surface area contributed by atoms with Crippen LogP contribution in [0.1, 0.15) is 16.6 Å². The number of halogens is 2. The van der Waals surface area contributed by atoms with Gasteiger partial charge >= 0.3 is 0 Å². The Morgan fingerprint density at radius 3 is 2.43 bits per heavy atom. The second-order valence-electron chi connectivity index (χ2n) is 5.54. The molecule has 2 atom stereocenters. The van der Waals surface area contributed by atoms with Crippen molar-refractivity contribution in [3.63, 3.8) is 0 Å². The van der Waals surface area contributed by atoms with Crippen molar-refractivity contribution in [2.24, 2.45) is 0 Å². The van der Waals surface area contributed by atoms with Crippen molar-refractivity contribution >= 4 is 28.9 Å². The van der Waals surface area contributed by atoms with Gasteiger partial charge in [-0.1, -0.05) is 42.5 Å². The molecule has 3 rings (SSSR count). The molecule has 0 fully saturated rings. The fraction of sp³-hybridized carbons (Fsp3) is 0.211. The zero-order chi connectivity index (χ0) is 16.2. The minimum absolute atomic E-state index is 0.270. The third-order valence-electron chi connectivity index (χ3n) is 3.94. The van der Waals surface area contributed by atoms with Crippen molar-refractivity contribution in [1.82, 2.24) is 9.88 Å². The molecule has 0 radical (unpaired) electrons. The number of alkyl halides is 2. The summed E-state index contributed by atoms with van der Waals surface area (Å²) < 4.78 is 0. The Bertz CT molecular complexity index is 711. The predicted octanol–water partition coefficient (Wildman–Crippen LogP) is 4.88. The molecular weight excluding hydrogens is 327 g/mol. The van der Waals surface area contributed by atoms with Gasteiger partial charge in [-0.2, -0.15) is 0 Å². The summed E-state index contributed by atoms with van der Waals surface area (Å²) in [6.45, 7) is 0.791. The summed E-state index contributed by atoms with van der Waals surface area (Å²) in [5.74, 6) is 0. The minimum atomic E-state index is -0.286. The number of rotatable bonds is 4. The lowest BCUT2D eigenvalue weighted by Crippen LogP contribution is -2.23. The van der Waals surface area contributed by atoms with Gasteiger partial charge in [0.05, 0.1) is 22.1 Å². The van der Waals surface area contributed by atoms with Gasteiger partial charge in [0.1, 0.15) is 0 Å². The highest BCUT2D eigenvalue weighted by atomic mass is 35.5. The highest BCUT2D eigenvalue weighted by Crippen LogP contribution is 2.35. The van der Waals surface area contributed by atoms with Gasteiger partial charge in [0.2, 0.25) is 0 Å². The van der Waals surface area contributed by atoms with Gasteiger partial charge in [0.15, 0.2) is 0 Å². The SMILES string of the molecule is CN1CC=C(C(Cl)C(Cl)c2ccccc2)C=C1c1ccccn1. The number of hydrogen-bond acceptors (Lipinski definition) is 2. The van der Waals surface area contributed by atoms with Crippen molar-refractivity contribution in [3.8, 4) is 0 Å². The van der Waals surface area contributed by atoms with Crippen LogP contribution in [0, 0.1) is 0 Å². The molecule has 118 valence electrons. The third-order valence-corrected chi connectivity index (χ3v) is 5.07. The van der Waals surface area contributed by atoms with Crippen molar-refractivity contribution in [2.75, 3.05) is 13.6 Å². The Kier molecular flexibility index (Phi) is 5.04. The fourth-order valence-corrected chi connectivity index (χ4v) is 3.21. The summed E-state index contributed by atoms with van der Waals surface area (Å²) in [7, 11) is 2.05. The molecule has 0 N–H and O–H groups in total. The second-order valence-corrected chi connectivity index (χ2v) is 6.48. The average molecular weight is 345 g/mol. The maximum atomic E-state index is 6.66. The largest absolute Gasteiger partial charge is 0.369 e. The molecule has 2 aromatic rings. The molecule has 0 saturated heterocycles. The number of likely N-dealkylation sites (N-methyl/N-ethyl adjacent to an activating group) is 1. The highest BCUT2D eigenvalue weighted by Gasteiger charge is 2.24. The molecule has 2 nitrogen and oxygen atoms in total. The van der Waals surface area contributed by atoms with E-state index >= 15 is 0 Å². The van der Waals surface area contributed by atoms with Crippen LogP contribution in [0.4, 0.5) is 0 Å². The fourth-order valence-electron chi connectivity index (χ4n) is 2.62. The van der Waals surface area contributed by atoms with Crippen LogP contribution >= 0.6 is 23.2 Å². The van der Waals surface area contributed by atoms with E-state index in [-0.39, 0.29) is 10.8 Å². The van der Waals surface area contributed by atoms with Gasteiger partial charge in [-0.3, -0.25) is 4.98 Å². The summed E-state index contributed by atoms with van der Waals surface area (Å²) in [5, 5.41) is -0.555. The van der Waals surface area contributed by atoms with E-state index in [4.69, 9.17) is 23.2 Å². The van der Waals surface area contributed by atoms with Crippen LogP contribution in [0.15, 0.2) is 72.5 Å². The number of pyridine rings is 1. The lowest BCUT2D eigenvalue weighted by molar-refractivity contribution is 0.524. The number of allylic oxidation sites excluding steroid dienone is 2. The quantitative estimate of drug-likeness (QED) is 0.734. The molecule has 0 amide bonds. The van der Waals surface area contributed by atoms with E-state index in [1.165, 1.54) is 0 Å². The maximum absolute atomic E-state index is 6.66. The summed E-state index contributed by atoms with van der Waals surface area (Å²) in [6, 6.07) is 15.9. The van der Waals surface area contributed by atoms with E-state index < -0.39 is 0 Å². The zero-order valence-corrected chi connectivity index (χ0v) is 14.4. The number of nitrogens with zero attached hydrogens (tertiary/aromatic N) is 2. The number of benzene rings is 1. The van der Waals surface area contributed by atoms with E-state index in [2.05, 4.69) is 22.0 Å². The first-order chi connectivity index (χ1) is 11.2. The summed E-state index contributed by atoms with van der Waals surface area (Å²) in [6.07, 6.45) is 6.01. The van der Waals surface area contributed by atoms with Gasteiger partial charge in [0, 0.05) is 19.8 Å². The molecule has 0 aliphatic carbocycles. The lowest BCUT2D eigenvalue weighted by atomic mass is 9.99. The normalized spacial score (nSPS) is 17.3. The van der Waals surface area contributed by atoms with Gasteiger partial charge in [-0.25, -0.2) is 0 Å². The van der Waals surface area contributed by atoms with Crippen LogP contribution in [0.25, 0.3) is 5.70 Å². The van der Waals surface area contributed by atoms with Crippen molar-refractivity contribution < 1.29 is 0 Å². The van der Waals surface area contributed by atoms with Crippen LogP contribution in [0.5, 0.6) is 0 Å². The van der Waals surface area contributed by atoms with Gasteiger partial charge in [0.25, 0.3) is 0 Å². The maximum Gasteiger partial charge on any atom is 0.0863 e. The van der Waals surface area contributed by atoms with E-state index in [1.807, 2.05) is 55.6 Å². The average Bonchev–Trinajstić information content (AvgIpc) is 2.62. The monoisotopic (exact) mass is 344 g/mol. The van der Waals surface area contributed by atoms with Crippen LogP contribution in [0.2, 0.25) is 0 Å². The molecule has 1 aromatic carbocycles. The summed E-state index contributed by atoms with van der Waals surface area (Å²) >= 11 is 13.3. The molecule has 1 aromatic heterocycles. The van der Waals surface area contributed by atoms with E-state index in [1.54, 1.807) is 6.20 Å². The molecule has 2 unspecified atom stereocenters. The molecule has 0 saturated carbocycles. The van der Waals surface area contributed by atoms with Crippen LogP contribution in [0.3, 0.4) is 0 Å². The topological polar surface area (TPSA) is 16.1 Å². The Morgan fingerprint density at radius 2 is 1.74 bits per heavy atom.